The van der Waals surface area contributed by atoms with Crippen LogP contribution in [0.5, 0.6) is 0 Å². The Kier molecular flexibility index (Phi) is 4.59. The maximum atomic E-state index is 13.7. The summed E-state index contributed by atoms with van der Waals surface area (Å²) < 4.78 is 18.8. The number of hydrogen-bond acceptors (Lipinski definition) is 6. The number of carbonyl (C=O) groups excluding carboxylic acids is 1. The van der Waals surface area contributed by atoms with Crippen LogP contribution in [0.25, 0.3) is 11.4 Å². The molecule has 116 valence electrons. The van der Waals surface area contributed by atoms with E-state index in [1.807, 2.05) is 0 Å². The summed E-state index contributed by atoms with van der Waals surface area (Å²) in [7, 11) is 0. The van der Waals surface area contributed by atoms with Gasteiger partial charge in [-0.15, -0.1) is 20.4 Å². The van der Waals surface area contributed by atoms with E-state index in [0.717, 1.165) is 0 Å². The fourth-order valence-electron chi connectivity index (χ4n) is 1.69. The highest BCUT2D eigenvalue weighted by molar-refractivity contribution is 5.67. The molecule has 8 heteroatoms. The number of alkyl carbamates (subject to hydrolysis) is 1. The van der Waals surface area contributed by atoms with Gasteiger partial charge in [-0.25, -0.2) is 9.18 Å². The molecule has 7 nitrogen and oxygen atoms in total. The molecular weight excluding hydrogens is 289 g/mol. The summed E-state index contributed by atoms with van der Waals surface area (Å²) in [5.74, 6) is -0.258. The lowest BCUT2D eigenvalue weighted by molar-refractivity contribution is 0.0523. The lowest BCUT2D eigenvalue weighted by atomic mass is 10.1. The predicted molar refractivity (Wildman–Crippen MR) is 76.1 cm³/mol. The first-order chi connectivity index (χ1) is 10.3. The Hall–Kier alpha value is -2.64. The Balaban J connectivity index is 2.09. The van der Waals surface area contributed by atoms with E-state index in [2.05, 4.69) is 25.7 Å². The second-order valence-electron chi connectivity index (χ2n) is 5.57. The Morgan fingerprint density at radius 2 is 1.91 bits per heavy atom. The van der Waals surface area contributed by atoms with Crippen molar-refractivity contribution in [2.75, 3.05) is 0 Å². The molecule has 2 rings (SSSR count). The molecular formula is C14H16FN5O2. The van der Waals surface area contributed by atoms with Gasteiger partial charge in [-0.05, 0) is 44.5 Å². The first-order valence-electron chi connectivity index (χ1n) is 6.60. The zero-order valence-corrected chi connectivity index (χ0v) is 12.5. The van der Waals surface area contributed by atoms with Gasteiger partial charge in [0, 0.05) is 12.1 Å². The summed E-state index contributed by atoms with van der Waals surface area (Å²) in [5, 5.41) is 17.3. The van der Waals surface area contributed by atoms with Crippen LogP contribution in [-0.2, 0) is 11.3 Å². The summed E-state index contributed by atoms with van der Waals surface area (Å²) in [6.07, 6.45) is 0.617. The molecule has 1 aromatic carbocycles. The van der Waals surface area contributed by atoms with Crippen molar-refractivity contribution < 1.29 is 13.9 Å². The minimum Gasteiger partial charge on any atom is -0.444 e. The van der Waals surface area contributed by atoms with Crippen LogP contribution in [0.4, 0.5) is 9.18 Å². The van der Waals surface area contributed by atoms with Crippen LogP contribution in [-0.4, -0.2) is 32.1 Å². The molecule has 0 radical (unpaired) electrons. The number of nitrogens with one attached hydrogen (secondary N) is 1. The summed E-state index contributed by atoms with van der Waals surface area (Å²) in [6, 6.07) is 4.24. The van der Waals surface area contributed by atoms with Gasteiger partial charge in [0.2, 0.25) is 5.82 Å². The third-order valence-corrected chi connectivity index (χ3v) is 2.46. The molecule has 0 spiro atoms. The summed E-state index contributed by atoms with van der Waals surface area (Å²) in [5.41, 5.74) is 0.391. The lowest BCUT2D eigenvalue weighted by Gasteiger charge is -2.19. The molecule has 0 aliphatic rings. The number of aromatic nitrogens is 4. The number of amides is 1. The molecule has 0 aliphatic heterocycles. The minimum absolute atomic E-state index is 0.118. The van der Waals surface area contributed by atoms with Gasteiger partial charge in [-0.1, -0.05) is 0 Å². The van der Waals surface area contributed by atoms with Crippen molar-refractivity contribution in [1.82, 2.24) is 25.7 Å². The predicted octanol–water partition coefficient (Wildman–Crippen LogP) is 2.10. The van der Waals surface area contributed by atoms with Crippen LogP contribution < -0.4 is 5.32 Å². The number of benzene rings is 1. The number of carbonyl (C=O) groups is 1. The quantitative estimate of drug-likeness (QED) is 0.934. The van der Waals surface area contributed by atoms with Crippen molar-refractivity contribution in [2.45, 2.75) is 32.9 Å². The topological polar surface area (TPSA) is 89.9 Å². The van der Waals surface area contributed by atoms with Crippen LogP contribution in [0.15, 0.2) is 24.5 Å². The van der Waals surface area contributed by atoms with Crippen molar-refractivity contribution in [3.05, 3.63) is 35.9 Å². The molecule has 1 aromatic heterocycles. The van der Waals surface area contributed by atoms with Gasteiger partial charge < -0.3 is 10.1 Å². The SMILES string of the molecule is CC(C)(C)OC(=O)NCc1cc(F)cc(-c2nncnn2)c1. The molecule has 1 amide bonds. The highest BCUT2D eigenvalue weighted by Crippen LogP contribution is 2.17. The summed E-state index contributed by atoms with van der Waals surface area (Å²) >= 11 is 0. The molecule has 0 aliphatic carbocycles. The highest BCUT2D eigenvalue weighted by Gasteiger charge is 2.16. The number of ether oxygens (including phenoxy) is 1. The van der Waals surface area contributed by atoms with E-state index >= 15 is 0 Å². The lowest BCUT2D eigenvalue weighted by Crippen LogP contribution is -2.32. The van der Waals surface area contributed by atoms with E-state index in [1.165, 1.54) is 18.5 Å². The van der Waals surface area contributed by atoms with Gasteiger partial charge in [0.15, 0.2) is 6.33 Å². The second kappa shape index (κ2) is 6.42. The molecule has 0 bridgehead atoms. The Morgan fingerprint density at radius 3 is 2.55 bits per heavy atom. The van der Waals surface area contributed by atoms with Crippen molar-refractivity contribution in [3.8, 4) is 11.4 Å². The fourth-order valence-corrected chi connectivity index (χ4v) is 1.69. The van der Waals surface area contributed by atoms with Gasteiger partial charge in [-0.3, -0.25) is 0 Å². The monoisotopic (exact) mass is 305 g/mol. The summed E-state index contributed by atoms with van der Waals surface area (Å²) in [4.78, 5) is 11.6. The largest absolute Gasteiger partial charge is 0.444 e. The second-order valence-corrected chi connectivity index (χ2v) is 5.57. The van der Waals surface area contributed by atoms with E-state index in [4.69, 9.17) is 4.74 Å². The van der Waals surface area contributed by atoms with E-state index in [0.29, 0.717) is 11.1 Å². The number of nitrogens with zero attached hydrogens (tertiary/aromatic N) is 4. The molecule has 1 N–H and O–H groups in total. The zero-order chi connectivity index (χ0) is 16.2. The third-order valence-electron chi connectivity index (χ3n) is 2.46. The molecule has 0 unspecified atom stereocenters. The van der Waals surface area contributed by atoms with E-state index in [-0.39, 0.29) is 12.4 Å². The van der Waals surface area contributed by atoms with Crippen LogP contribution in [0.3, 0.4) is 0 Å². The average Bonchev–Trinajstić information content (AvgIpc) is 2.44. The van der Waals surface area contributed by atoms with Crippen LogP contribution >= 0.6 is 0 Å². The standard InChI is InChI=1S/C14H16FN5O2/c1-14(2,3)22-13(21)16-7-9-4-10(6-11(15)5-9)12-19-17-8-18-20-12/h4-6,8H,7H2,1-3H3,(H,16,21). The maximum absolute atomic E-state index is 13.7. The molecule has 1 heterocycles. The molecule has 0 fully saturated rings. The molecule has 2 aromatic rings. The van der Waals surface area contributed by atoms with Crippen LogP contribution in [0.2, 0.25) is 0 Å². The van der Waals surface area contributed by atoms with E-state index in [9.17, 15) is 9.18 Å². The molecule has 0 saturated heterocycles. The molecule has 22 heavy (non-hydrogen) atoms. The normalized spacial score (nSPS) is 11.1. The Bertz CT molecular complexity index is 658. The van der Waals surface area contributed by atoms with Gasteiger partial charge >= 0.3 is 6.09 Å². The number of rotatable bonds is 3. The Morgan fingerprint density at radius 1 is 1.23 bits per heavy atom. The molecule has 0 saturated carbocycles. The van der Waals surface area contributed by atoms with Gasteiger partial charge in [0.25, 0.3) is 0 Å². The molecule has 0 atom stereocenters. The zero-order valence-electron chi connectivity index (χ0n) is 12.5. The van der Waals surface area contributed by atoms with Crippen molar-refractivity contribution in [3.63, 3.8) is 0 Å². The van der Waals surface area contributed by atoms with Crippen molar-refractivity contribution in [2.24, 2.45) is 0 Å². The van der Waals surface area contributed by atoms with Gasteiger partial charge in [0.1, 0.15) is 11.4 Å². The fraction of sp³-hybridized carbons (Fsp3) is 0.357. The smallest absolute Gasteiger partial charge is 0.407 e. The van der Waals surface area contributed by atoms with Crippen LogP contribution in [0.1, 0.15) is 26.3 Å². The minimum atomic E-state index is -0.591. The van der Waals surface area contributed by atoms with E-state index in [1.54, 1.807) is 26.8 Å². The van der Waals surface area contributed by atoms with Gasteiger partial charge in [0.05, 0.1) is 0 Å². The first-order valence-corrected chi connectivity index (χ1v) is 6.60. The Labute approximate surface area is 126 Å². The number of hydrogen-bond donors (Lipinski definition) is 1. The van der Waals surface area contributed by atoms with Crippen LogP contribution in [0, 0.1) is 5.82 Å². The van der Waals surface area contributed by atoms with Gasteiger partial charge in [-0.2, -0.15) is 0 Å². The summed E-state index contributed by atoms with van der Waals surface area (Å²) in [6.45, 7) is 5.41. The first kappa shape index (κ1) is 15.7. The number of halogens is 1. The maximum Gasteiger partial charge on any atom is 0.407 e. The highest BCUT2D eigenvalue weighted by atomic mass is 19.1. The van der Waals surface area contributed by atoms with Crippen molar-refractivity contribution >= 4 is 6.09 Å². The van der Waals surface area contributed by atoms with Crippen molar-refractivity contribution in [1.29, 1.82) is 0 Å². The third kappa shape index (κ3) is 4.72. The van der Waals surface area contributed by atoms with E-state index < -0.39 is 17.5 Å². The average molecular weight is 305 g/mol.